The van der Waals surface area contributed by atoms with Gasteiger partial charge in [0.05, 0.1) is 5.56 Å². The highest BCUT2D eigenvalue weighted by Gasteiger charge is 2.33. The van der Waals surface area contributed by atoms with Gasteiger partial charge in [0.2, 0.25) is 0 Å². The molecule has 0 unspecified atom stereocenters. The van der Waals surface area contributed by atoms with Crippen LogP contribution in [0.25, 0.3) is 10.8 Å². The molecule has 0 aliphatic heterocycles. The molecule has 0 fully saturated rings. The van der Waals surface area contributed by atoms with E-state index < -0.39 is 11.7 Å². The van der Waals surface area contributed by atoms with Gasteiger partial charge >= 0.3 is 6.18 Å². The molecule has 0 saturated heterocycles. The Morgan fingerprint density at radius 3 is 2.21 bits per heavy atom. The van der Waals surface area contributed by atoms with Crippen LogP contribution >= 0.6 is 27.3 Å². The lowest BCUT2D eigenvalue weighted by atomic mass is 10.1. The number of thiophene rings is 1. The Morgan fingerprint density at radius 2 is 1.64 bits per heavy atom. The zero-order valence-corrected chi connectivity index (χ0v) is 9.13. The third-order valence-corrected chi connectivity index (χ3v) is 3.30. The van der Waals surface area contributed by atoms with Crippen molar-refractivity contribution >= 4 is 38.0 Å². The Morgan fingerprint density at radius 1 is 1.07 bits per heavy atom. The summed E-state index contributed by atoms with van der Waals surface area (Å²) in [7, 11) is 0. The van der Waals surface area contributed by atoms with E-state index in [4.69, 9.17) is 0 Å². The fraction of sp³-hybridized carbons (Fsp3) is 0.111. The molecule has 74 valence electrons. The normalized spacial score (nSPS) is 12.3. The van der Waals surface area contributed by atoms with Crippen molar-refractivity contribution in [3.05, 3.63) is 32.9 Å². The summed E-state index contributed by atoms with van der Waals surface area (Å²) in [4.78, 5) is 0. The van der Waals surface area contributed by atoms with Crippen LogP contribution in [0.15, 0.2) is 27.4 Å². The van der Waals surface area contributed by atoms with Crippen LogP contribution < -0.4 is 0 Å². The van der Waals surface area contributed by atoms with E-state index in [1.54, 1.807) is 5.38 Å². The van der Waals surface area contributed by atoms with Crippen molar-refractivity contribution in [2.45, 2.75) is 6.18 Å². The predicted octanol–water partition coefficient (Wildman–Crippen LogP) is 4.68. The summed E-state index contributed by atoms with van der Waals surface area (Å²) in [5.41, 5.74) is -0.622. The summed E-state index contributed by atoms with van der Waals surface area (Å²) in [5, 5.41) is 4.98. The van der Waals surface area contributed by atoms with Crippen LogP contribution in [0.4, 0.5) is 13.2 Å². The Bertz CT molecular complexity index is 472. The van der Waals surface area contributed by atoms with Crippen molar-refractivity contribution in [1.82, 2.24) is 0 Å². The maximum Gasteiger partial charge on any atom is 0.417 e. The number of halogens is 4. The summed E-state index contributed by atoms with van der Waals surface area (Å²) >= 11 is 4.32. The van der Waals surface area contributed by atoms with Crippen molar-refractivity contribution in [2.75, 3.05) is 0 Å². The van der Waals surface area contributed by atoms with Gasteiger partial charge in [-0.2, -0.15) is 24.5 Å². The third-order valence-electron chi connectivity index (χ3n) is 1.87. The van der Waals surface area contributed by atoms with E-state index in [1.165, 1.54) is 17.4 Å². The first-order valence-corrected chi connectivity index (χ1v) is 5.45. The van der Waals surface area contributed by atoms with Crippen LogP contribution in [0.5, 0.6) is 0 Å². The van der Waals surface area contributed by atoms with Crippen LogP contribution in [0.2, 0.25) is 0 Å². The molecule has 1 aromatic carbocycles. The molecule has 0 radical (unpaired) electrons. The summed E-state index contributed by atoms with van der Waals surface area (Å²) in [6, 6.07) is 2.66. The highest BCUT2D eigenvalue weighted by atomic mass is 79.9. The maximum atomic E-state index is 12.5. The SMILES string of the molecule is FC(F)(F)c1cc2cscc2cc1Br. The van der Waals surface area contributed by atoms with Crippen LogP contribution in [0, 0.1) is 0 Å². The highest BCUT2D eigenvalue weighted by Crippen LogP contribution is 2.37. The lowest BCUT2D eigenvalue weighted by Gasteiger charge is -2.08. The molecule has 0 aliphatic rings. The minimum absolute atomic E-state index is 0.0934. The molecule has 0 saturated carbocycles. The molecule has 5 heteroatoms. The number of benzene rings is 1. The van der Waals surface area contributed by atoms with Crippen LogP contribution in [0.1, 0.15) is 5.56 Å². The predicted molar refractivity (Wildman–Crippen MR) is 54.5 cm³/mol. The van der Waals surface area contributed by atoms with Gasteiger partial charge in [0, 0.05) is 4.47 Å². The molecule has 0 aliphatic carbocycles. The van der Waals surface area contributed by atoms with Gasteiger partial charge in [0.25, 0.3) is 0 Å². The van der Waals surface area contributed by atoms with Gasteiger partial charge in [-0.1, -0.05) is 15.9 Å². The third kappa shape index (κ3) is 1.66. The minimum Gasteiger partial charge on any atom is -0.166 e. The average Bonchev–Trinajstić information content (AvgIpc) is 2.47. The average molecular weight is 281 g/mol. The van der Waals surface area contributed by atoms with Gasteiger partial charge in [-0.05, 0) is 33.7 Å². The van der Waals surface area contributed by atoms with E-state index >= 15 is 0 Å². The number of fused-ring (bicyclic) bond motifs is 1. The van der Waals surface area contributed by atoms with E-state index in [2.05, 4.69) is 15.9 Å². The van der Waals surface area contributed by atoms with Crippen molar-refractivity contribution < 1.29 is 13.2 Å². The second-order valence-corrected chi connectivity index (χ2v) is 4.43. The monoisotopic (exact) mass is 280 g/mol. The van der Waals surface area contributed by atoms with Crippen LogP contribution in [-0.4, -0.2) is 0 Å². The zero-order chi connectivity index (χ0) is 10.3. The van der Waals surface area contributed by atoms with E-state index in [1.807, 2.05) is 5.38 Å². The second kappa shape index (κ2) is 3.24. The molecule has 2 aromatic rings. The van der Waals surface area contributed by atoms with E-state index in [0.29, 0.717) is 5.39 Å². The van der Waals surface area contributed by atoms with Crippen molar-refractivity contribution in [3.63, 3.8) is 0 Å². The first-order chi connectivity index (χ1) is 6.48. The Kier molecular flexibility index (Phi) is 2.31. The van der Waals surface area contributed by atoms with Crippen LogP contribution in [0.3, 0.4) is 0 Å². The maximum absolute atomic E-state index is 12.5. The van der Waals surface area contributed by atoms with Gasteiger partial charge < -0.3 is 0 Å². The number of hydrogen-bond acceptors (Lipinski definition) is 1. The molecule has 1 heterocycles. The van der Waals surface area contributed by atoms with E-state index in [0.717, 1.165) is 11.5 Å². The molecular formula is C9H4BrF3S. The molecule has 1 aromatic heterocycles. The molecule has 2 rings (SSSR count). The molecule has 0 bridgehead atoms. The quantitative estimate of drug-likeness (QED) is 0.657. The Labute approximate surface area is 90.5 Å². The van der Waals surface area contributed by atoms with Crippen molar-refractivity contribution in [2.24, 2.45) is 0 Å². The summed E-state index contributed by atoms with van der Waals surface area (Å²) in [5.74, 6) is 0. The van der Waals surface area contributed by atoms with Crippen molar-refractivity contribution in [1.29, 1.82) is 0 Å². The lowest BCUT2D eigenvalue weighted by molar-refractivity contribution is -0.138. The first-order valence-electron chi connectivity index (χ1n) is 3.71. The molecule has 14 heavy (non-hydrogen) atoms. The molecule has 0 spiro atoms. The van der Waals surface area contributed by atoms with E-state index in [-0.39, 0.29) is 4.47 Å². The van der Waals surface area contributed by atoms with E-state index in [9.17, 15) is 13.2 Å². The topological polar surface area (TPSA) is 0 Å². The largest absolute Gasteiger partial charge is 0.417 e. The first kappa shape index (κ1) is 9.98. The highest BCUT2D eigenvalue weighted by molar-refractivity contribution is 9.10. The Balaban J connectivity index is 2.71. The molecule has 0 atom stereocenters. The smallest absolute Gasteiger partial charge is 0.166 e. The van der Waals surface area contributed by atoms with Gasteiger partial charge in [0.1, 0.15) is 0 Å². The van der Waals surface area contributed by atoms with Crippen molar-refractivity contribution in [3.8, 4) is 0 Å². The second-order valence-electron chi connectivity index (χ2n) is 2.83. The Hall–Kier alpha value is -0.550. The standard InChI is InChI=1S/C9H4BrF3S/c10-8-2-6-4-14-3-5(6)1-7(8)9(11,12)13/h1-4H. The van der Waals surface area contributed by atoms with Gasteiger partial charge in [-0.3, -0.25) is 0 Å². The fourth-order valence-corrected chi connectivity index (χ4v) is 2.56. The molecule has 0 amide bonds. The zero-order valence-electron chi connectivity index (χ0n) is 6.73. The molecular weight excluding hydrogens is 277 g/mol. The summed E-state index contributed by atoms with van der Waals surface area (Å²) < 4.78 is 37.5. The van der Waals surface area contributed by atoms with Gasteiger partial charge in [0.15, 0.2) is 0 Å². The molecule has 0 nitrogen and oxygen atoms in total. The summed E-state index contributed by atoms with van der Waals surface area (Å²) in [6.07, 6.45) is -4.30. The van der Waals surface area contributed by atoms with Gasteiger partial charge in [-0.25, -0.2) is 0 Å². The van der Waals surface area contributed by atoms with Gasteiger partial charge in [-0.15, -0.1) is 0 Å². The minimum atomic E-state index is -4.30. The number of hydrogen-bond donors (Lipinski definition) is 0. The lowest BCUT2D eigenvalue weighted by Crippen LogP contribution is -2.05. The fourth-order valence-electron chi connectivity index (χ4n) is 1.21. The number of rotatable bonds is 0. The molecule has 0 N–H and O–H groups in total. The summed E-state index contributed by atoms with van der Waals surface area (Å²) in [6.45, 7) is 0. The van der Waals surface area contributed by atoms with Crippen LogP contribution in [-0.2, 0) is 6.18 Å². The number of alkyl halides is 3.